The van der Waals surface area contributed by atoms with Gasteiger partial charge in [-0.15, -0.1) is 0 Å². The Balaban J connectivity index is 1.61. The predicted molar refractivity (Wildman–Crippen MR) is 99.2 cm³/mol. The molecule has 2 aliphatic rings. The quantitative estimate of drug-likeness (QED) is 0.860. The van der Waals surface area contributed by atoms with Gasteiger partial charge in [-0.1, -0.05) is 30.0 Å². The van der Waals surface area contributed by atoms with Crippen LogP contribution in [0.15, 0.2) is 52.3 Å². The van der Waals surface area contributed by atoms with Crippen molar-refractivity contribution in [2.45, 2.75) is 15.9 Å². The zero-order valence-corrected chi connectivity index (χ0v) is 15.0. The van der Waals surface area contributed by atoms with Crippen LogP contribution in [0.4, 0.5) is 5.69 Å². The highest BCUT2D eigenvalue weighted by Gasteiger charge is 2.24. The second kappa shape index (κ2) is 7.99. The van der Waals surface area contributed by atoms with Gasteiger partial charge in [-0.05, 0) is 12.1 Å². The van der Waals surface area contributed by atoms with Gasteiger partial charge in [0.05, 0.1) is 12.3 Å². The second-order valence-electron chi connectivity index (χ2n) is 5.96. The van der Waals surface area contributed by atoms with Crippen molar-refractivity contribution >= 4 is 23.4 Å². The van der Waals surface area contributed by atoms with E-state index in [9.17, 15) is 4.79 Å². The largest absolute Gasteiger partial charge is 0.486 e. The maximum absolute atomic E-state index is 12.6. The lowest BCUT2D eigenvalue weighted by Crippen LogP contribution is -2.45. The molecule has 2 aromatic rings. The maximum atomic E-state index is 12.6. The van der Waals surface area contributed by atoms with Gasteiger partial charge in [-0.2, -0.15) is 0 Å². The predicted octanol–water partition coefficient (Wildman–Crippen LogP) is 2.54. The Morgan fingerprint density at radius 1 is 1.08 bits per heavy atom. The lowest BCUT2D eigenvalue weighted by molar-refractivity contribution is -0.128. The maximum Gasteiger partial charge on any atom is 0.254 e. The van der Waals surface area contributed by atoms with Crippen LogP contribution >= 0.6 is 11.8 Å². The fourth-order valence-electron chi connectivity index (χ4n) is 2.81. The van der Waals surface area contributed by atoms with Gasteiger partial charge in [0.15, 0.2) is 11.5 Å². The molecular formula is C19H20N2O4S. The number of hydrogen-bond donors (Lipinski definition) is 2. The Labute approximate surface area is 156 Å². The third kappa shape index (κ3) is 3.95. The molecule has 2 N–H and O–H groups in total. The summed E-state index contributed by atoms with van der Waals surface area (Å²) in [4.78, 5) is 14.6. The Bertz CT molecular complexity index is 779. The molecule has 0 aliphatic carbocycles. The summed E-state index contributed by atoms with van der Waals surface area (Å²) < 4.78 is 16.9. The van der Waals surface area contributed by atoms with Crippen molar-refractivity contribution in [2.75, 3.05) is 38.2 Å². The molecule has 2 aliphatic heterocycles. The summed E-state index contributed by atoms with van der Waals surface area (Å²) in [6, 6.07) is 13.8. The fraction of sp³-hybridized carbons (Fsp3) is 0.316. The minimum Gasteiger partial charge on any atom is -0.486 e. The number of fused-ring (bicyclic) bond motifs is 1. The number of carbonyl (C=O) groups excluding carboxylic acids is 1. The van der Waals surface area contributed by atoms with Crippen LogP contribution in [0.3, 0.4) is 0 Å². The molecule has 0 spiro atoms. The molecule has 0 aromatic heterocycles. The number of amides is 1. The van der Waals surface area contributed by atoms with Gasteiger partial charge in [0.1, 0.15) is 19.3 Å². The molecule has 2 aromatic carbocycles. The summed E-state index contributed by atoms with van der Waals surface area (Å²) >= 11 is 1.57. The molecule has 0 radical (unpaired) electrons. The van der Waals surface area contributed by atoms with Crippen molar-refractivity contribution in [2.24, 2.45) is 0 Å². The van der Waals surface area contributed by atoms with Crippen molar-refractivity contribution in [3.05, 3.63) is 42.5 Å². The fourth-order valence-corrected chi connectivity index (χ4v) is 3.75. The van der Waals surface area contributed by atoms with Gasteiger partial charge in [0.2, 0.25) is 0 Å². The molecule has 6 nitrogen and oxygen atoms in total. The van der Waals surface area contributed by atoms with Gasteiger partial charge in [-0.3, -0.25) is 4.79 Å². The number of ether oxygens (including phenoxy) is 3. The highest BCUT2D eigenvalue weighted by Crippen LogP contribution is 2.42. The number of morpholine rings is 1. The number of rotatable bonds is 4. The summed E-state index contributed by atoms with van der Waals surface area (Å²) in [5.41, 5.74) is 0.697. The Kier molecular flexibility index (Phi) is 5.29. The first-order chi connectivity index (χ1) is 12.8. The van der Waals surface area contributed by atoms with Crippen LogP contribution in [0, 0.1) is 0 Å². The van der Waals surface area contributed by atoms with Gasteiger partial charge in [0, 0.05) is 35.0 Å². The van der Waals surface area contributed by atoms with Gasteiger partial charge in [0.25, 0.3) is 5.91 Å². The Hall–Kier alpha value is -2.22. The number of nitrogens with one attached hydrogen (secondary N) is 2. The third-order valence-corrected chi connectivity index (χ3v) is 5.16. The monoisotopic (exact) mass is 372 g/mol. The van der Waals surface area contributed by atoms with Crippen molar-refractivity contribution in [1.82, 2.24) is 5.32 Å². The van der Waals surface area contributed by atoms with Crippen LogP contribution in [0.25, 0.3) is 0 Å². The smallest absolute Gasteiger partial charge is 0.254 e. The normalized spacial score (nSPS) is 19.0. The van der Waals surface area contributed by atoms with Crippen molar-refractivity contribution in [3.63, 3.8) is 0 Å². The van der Waals surface area contributed by atoms with E-state index in [1.54, 1.807) is 11.8 Å². The van der Waals surface area contributed by atoms with Crippen molar-refractivity contribution in [1.29, 1.82) is 0 Å². The molecule has 26 heavy (non-hydrogen) atoms. The van der Waals surface area contributed by atoms with Gasteiger partial charge < -0.3 is 24.8 Å². The molecule has 1 fully saturated rings. The molecule has 2 heterocycles. The lowest BCUT2D eigenvalue weighted by Gasteiger charge is -2.24. The van der Waals surface area contributed by atoms with E-state index < -0.39 is 6.10 Å². The first-order valence-corrected chi connectivity index (χ1v) is 9.41. The van der Waals surface area contributed by atoms with Crippen molar-refractivity contribution in [3.8, 4) is 11.5 Å². The summed E-state index contributed by atoms with van der Waals surface area (Å²) in [7, 11) is 0. The SMILES string of the molecule is O=C(Nc1cc2c(cc1Sc1ccccc1)OCCO2)C1CNCCO1. The average Bonchev–Trinajstić information content (AvgIpc) is 2.70. The van der Waals surface area contributed by atoms with Crippen LogP contribution in [-0.2, 0) is 9.53 Å². The standard InChI is InChI=1S/C19H20N2O4S/c22-19(17-12-20-6-7-23-17)21-14-10-15-16(25-9-8-24-15)11-18(14)26-13-4-2-1-3-5-13/h1-5,10-11,17,20H,6-9,12H2,(H,21,22). The Morgan fingerprint density at radius 2 is 1.85 bits per heavy atom. The first kappa shape index (κ1) is 17.2. The second-order valence-corrected chi connectivity index (χ2v) is 7.08. The molecule has 136 valence electrons. The van der Waals surface area contributed by atoms with E-state index in [1.165, 1.54) is 0 Å². The number of hydrogen-bond acceptors (Lipinski definition) is 6. The topological polar surface area (TPSA) is 68.8 Å². The molecule has 1 atom stereocenters. The molecule has 0 saturated carbocycles. The molecule has 4 rings (SSSR count). The molecule has 1 unspecified atom stereocenters. The Morgan fingerprint density at radius 3 is 2.58 bits per heavy atom. The van der Waals surface area contributed by atoms with Crippen LogP contribution in [-0.4, -0.2) is 44.9 Å². The van der Waals surface area contributed by atoms with E-state index in [-0.39, 0.29) is 5.91 Å². The van der Waals surface area contributed by atoms with E-state index in [0.717, 1.165) is 16.3 Å². The van der Waals surface area contributed by atoms with E-state index in [4.69, 9.17) is 14.2 Å². The van der Waals surface area contributed by atoms with Gasteiger partial charge >= 0.3 is 0 Å². The van der Waals surface area contributed by atoms with Crippen LogP contribution in [0.5, 0.6) is 11.5 Å². The lowest BCUT2D eigenvalue weighted by atomic mass is 10.2. The zero-order valence-electron chi connectivity index (χ0n) is 14.2. The molecule has 1 amide bonds. The highest BCUT2D eigenvalue weighted by atomic mass is 32.2. The summed E-state index contributed by atoms with van der Waals surface area (Å²) in [5, 5.41) is 6.16. The van der Waals surface area contributed by atoms with E-state index in [1.807, 2.05) is 42.5 Å². The zero-order chi connectivity index (χ0) is 17.8. The average molecular weight is 372 g/mol. The third-order valence-electron chi connectivity index (χ3n) is 4.09. The van der Waals surface area contributed by atoms with Crippen LogP contribution in [0.1, 0.15) is 0 Å². The number of anilines is 1. The van der Waals surface area contributed by atoms with E-state index in [2.05, 4.69) is 10.6 Å². The van der Waals surface area contributed by atoms with Gasteiger partial charge in [-0.25, -0.2) is 0 Å². The molecule has 0 bridgehead atoms. The molecule has 7 heteroatoms. The minimum atomic E-state index is -0.494. The molecule has 1 saturated heterocycles. The number of benzene rings is 2. The van der Waals surface area contributed by atoms with Crippen molar-refractivity contribution < 1.29 is 19.0 Å². The highest BCUT2D eigenvalue weighted by molar-refractivity contribution is 7.99. The first-order valence-electron chi connectivity index (χ1n) is 8.59. The van der Waals surface area contributed by atoms with E-state index in [0.29, 0.717) is 43.6 Å². The molecular weight excluding hydrogens is 352 g/mol. The van der Waals surface area contributed by atoms with E-state index >= 15 is 0 Å². The van der Waals surface area contributed by atoms with Crippen LogP contribution in [0.2, 0.25) is 0 Å². The minimum absolute atomic E-state index is 0.163. The van der Waals surface area contributed by atoms with Crippen LogP contribution < -0.4 is 20.1 Å². The summed E-state index contributed by atoms with van der Waals surface area (Å²) in [6.07, 6.45) is -0.494. The summed E-state index contributed by atoms with van der Waals surface area (Å²) in [5.74, 6) is 1.18. The summed E-state index contributed by atoms with van der Waals surface area (Å²) in [6.45, 7) is 2.84. The number of carbonyl (C=O) groups is 1.